The van der Waals surface area contributed by atoms with Crippen LogP contribution in [0.1, 0.15) is 125 Å². The second-order valence-corrected chi connectivity index (χ2v) is 19.6. The number of carbonyl (C=O) groups is 1. The summed E-state index contributed by atoms with van der Waals surface area (Å²) in [5.41, 5.74) is 0.283. The molecule has 0 amide bonds. The second-order valence-electron chi connectivity index (χ2n) is 14.9. The second kappa shape index (κ2) is 19.9. The van der Waals surface area contributed by atoms with E-state index in [2.05, 4.69) is 46.9 Å². The summed E-state index contributed by atoms with van der Waals surface area (Å²) in [5.74, 6) is 0.384. The van der Waals surface area contributed by atoms with E-state index in [1.165, 1.54) is 0 Å². The third-order valence-electron chi connectivity index (χ3n) is 8.59. The molecule has 43 heavy (non-hydrogen) atoms. The molecule has 252 valence electrons. The number of unbranched alkanes of at least 4 members (excludes halogenated alkanes) is 3. The van der Waals surface area contributed by atoms with Crippen LogP contribution in [-0.4, -0.2) is 62.6 Å². The predicted octanol–water partition coefficient (Wildman–Crippen LogP) is 9.18. The van der Waals surface area contributed by atoms with Gasteiger partial charge in [0.15, 0.2) is 14.6 Å². The van der Waals surface area contributed by atoms with Gasteiger partial charge in [-0.05, 0) is 102 Å². The van der Waals surface area contributed by atoms with Gasteiger partial charge < -0.3 is 23.7 Å². The van der Waals surface area contributed by atoms with Crippen LogP contribution in [-0.2, 0) is 23.4 Å². The summed E-state index contributed by atoms with van der Waals surface area (Å²) >= 11 is 6.95. The van der Waals surface area contributed by atoms with Crippen molar-refractivity contribution in [1.29, 1.82) is 0 Å². The van der Waals surface area contributed by atoms with E-state index >= 15 is 0 Å². The van der Waals surface area contributed by atoms with Gasteiger partial charge in [-0.2, -0.15) is 0 Å². The fourth-order valence-corrected chi connectivity index (χ4v) is 11.4. The minimum absolute atomic E-state index is 0.0100. The van der Waals surface area contributed by atoms with E-state index in [0.29, 0.717) is 18.9 Å². The van der Waals surface area contributed by atoms with Gasteiger partial charge in [-0.1, -0.05) is 59.1 Å². The van der Waals surface area contributed by atoms with Crippen LogP contribution in [0.3, 0.4) is 0 Å². The molecule has 7 atom stereocenters. The molecule has 1 aliphatic carbocycles. The molecule has 1 unspecified atom stereocenters. The van der Waals surface area contributed by atoms with E-state index in [9.17, 15) is 9.90 Å². The standard InChI is InChI=1S/C35H65ClO6Si/c1-8-23-39-33(38)19-12-10-9-11-18-29-30(32(25-31(29)36)41-34-20-13-14-24-40-34)22-21-28(37)17-15-16-27(2)42-43(6,7)26-35(3,4)5/h21-22,27-32,34,37H,8-20,23-26H2,1-7H3/b22-21+/t27-,28+,29-,30-,31-,32-,34?/m1/s1. The first-order valence-corrected chi connectivity index (χ1v) is 21.0. The van der Waals surface area contributed by atoms with Crippen molar-refractivity contribution in [2.24, 2.45) is 17.3 Å². The van der Waals surface area contributed by atoms with Gasteiger partial charge in [0, 0.05) is 30.4 Å². The molecule has 2 fully saturated rings. The van der Waals surface area contributed by atoms with E-state index in [-0.39, 0.29) is 41.2 Å². The van der Waals surface area contributed by atoms with Gasteiger partial charge >= 0.3 is 5.97 Å². The Labute approximate surface area is 270 Å². The number of aliphatic hydroxyl groups is 1. The Bertz CT molecular complexity index is 794. The molecule has 1 N–H and O–H groups in total. The Hall–Kier alpha value is -0.443. The van der Waals surface area contributed by atoms with Crippen LogP contribution >= 0.6 is 11.6 Å². The molecular formula is C35H65ClO6Si. The molecule has 2 rings (SSSR count). The molecule has 1 aliphatic heterocycles. The summed E-state index contributed by atoms with van der Waals surface area (Å²) in [7, 11) is -1.72. The number of carbonyl (C=O) groups excluding carboxylic acids is 1. The maximum Gasteiger partial charge on any atom is 0.305 e. The Kier molecular flexibility index (Phi) is 18.0. The summed E-state index contributed by atoms with van der Waals surface area (Å²) in [4.78, 5) is 11.8. The van der Waals surface area contributed by atoms with Crippen molar-refractivity contribution in [2.75, 3.05) is 13.2 Å². The van der Waals surface area contributed by atoms with Crippen molar-refractivity contribution in [2.45, 2.75) is 174 Å². The lowest BCUT2D eigenvalue weighted by Crippen LogP contribution is -2.38. The Morgan fingerprint density at radius 2 is 1.86 bits per heavy atom. The summed E-state index contributed by atoms with van der Waals surface area (Å²) < 4.78 is 24.1. The van der Waals surface area contributed by atoms with Crippen LogP contribution in [0.15, 0.2) is 12.2 Å². The number of alkyl halides is 1. The van der Waals surface area contributed by atoms with Crippen molar-refractivity contribution in [3.8, 4) is 0 Å². The molecule has 0 aromatic carbocycles. The maximum absolute atomic E-state index is 11.8. The lowest BCUT2D eigenvalue weighted by atomic mass is 9.88. The fourth-order valence-electron chi connectivity index (χ4n) is 7.05. The minimum Gasteiger partial charge on any atom is -0.466 e. The zero-order valence-electron chi connectivity index (χ0n) is 28.6. The van der Waals surface area contributed by atoms with E-state index in [4.69, 9.17) is 30.2 Å². The van der Waals surface area contributed by atoms with Gasteiger partial charge in [-0.3, -0.25) is 4.79 Å². The van der Waals surface area contributed by atoms with Crippen molar-refractivity contribution < 1.29 is 28.5 Å². The van der Waals surface area contributed by atoms with E-state index in [1.807, 2.05) is 13.0 Å². The number of ether oxygens (including phenoxy) is 3. The molecular weight excluding hydrogens is 580 g/mol. The van der Waals surface area contributed by atoms with Gasteiger partial charge in [-0.25, -0.2) is 0 Å². The van der Waals surface area contributed by atoms with Gasteiger partial charge in [0.25, 0.3) is 0 Å². The maximum atomic E-state index is 11.8. The summed E-state index contributed by atoms with van der Waals surface area (Å²) in [6.07, 6.45) is 16.8. The molecule has 8 heteroatoms. The van der Waals surface area contributed by atoms with Gasteiger partial charge in [0.2, 0.25) is 0 Å². The quantitative estimate of drug-likeness (QED) is 0.0468. The van der Waals surface area contributed by atoms with Crippen LogP contribution in [0.4, 0.5) is 0 Å². The molecule has 0 aromatic rings. The largest absolute Gasteiger partial charge is 0.466 e. The molecule has 0 radical (unpaired) electrons. The molecule has 1 saturated heterocycles. The first-order chi connectivity index (χ1) is 20.3. The van der Waals surface area contributed by atoms with Crippen LogP contribution in [0.2, 0.25) is 19.1 Å². The van der Waals surface area contributed by atoms with Crippen LogP contribution in [0.25, 0.3) is 0 Å². The SMILES string of the molecule is CCCOC(=O)CCCCCC[C@@H]1[C@@H](/C=C/[C@@H](O)CCC[C@@H](C)O[Si](C)(C)CC(C)(C)C)[C@H](OC2CCCCO2)C[C@H]1Cl. The molecule has 0 bridgehead atoms. The first kappa shape index (κ1) is 38.7. The number of hydrogen-bond donors (Lipinski definition) is 1. The van der Waals surface area contributed by atoms with Crippen molar-refractivity contribution in [3.63, 3.8) is 0 Å². The molecule has 2 aliphatic rings. The van der Waals surface area contributed by atoms with Crippen molar-refractivity contribution in [1.82, 2.24) is 0 Å². The average Bonchev–Trinajstić information content (AvgIpc) is 3.20. The third kappa shape index (κ3) is 16.6. The van der Waals surface area contributed by atoms with Crippen molar-refractivity contribution in [3.05, 3.63) is 12.2 Å². The number of aliphatic hydroxyl groups excluding tert-OH is 1. The lowest BCUT2D eigenvalue weighted by Gasteiger charge is -2.33. The average molecular weight is 645 g/mol. The van der Waals surface area contributed by atoms with E-state index in [1.54, 1.807) is 0 Å². The Morgan fingerprint density at radius 1 is 1.12 bits per heavy atom. The third-order valence-corrected chi connectivity index (χ3v) is 12.0. The highest BCUT2D eigenvalue weighted by Gasteiger charge is 2.42. The summed E-state index contributed by atoms with van der Waals surface area (Å²) in [6.45, 7) is 16.9. The Balaban J connectivity index is 1.86. The van der Waals surface area contributed by atoms with Gasteiger partial charge in [0.1, 0.15) is 0 Å². The van der Waals surface area contributed by atoms with Crippen LogP contribution in [0.5, 0.6) is 0 Å². The topological polar surface area (TPSA) is 74.2 Å². The molecule has 0 aromatic heterocycles. The molecule has 0 spiro atoms. The monoisotopic (exact) mass is 644 g/mol. The zero-order valence-corrected chi connectivity index (χ0v) is 30.3. The van der Waals surface area contributed by atoms with Gasteiger partial charge in [-0.15, -0.1) is 11.6 Å². The highest BCUT2D eigenvalue weighted by Crippen LogP contribution is 2.43. The van der Waals surface area contributed by atoms with E-state index < -0.39 is 14.4 Å². The predicted molar refractivity (Wildman–Crippen MR) is 180 cm³/mol. The fraction of sp³-hybridized carbons (Fsp3) is 0.914. The van der Waals surface area contributed by atoms with Crippen molar-refractivity contribution >= 4 is 25.9 Å². The zero-order chi connectivity index (χ0) is 31.9. The number of rotatable bonds is 20. The smallest absolute Gasteiger partial charge is 0.305 e. The normalized spacial score (nSPS) is 26.6. The minimum atomic E-state index is -1.72. The number of esters is 1. The first-order valence-electron chi connectivity index (χ1n) is 17.4. The highest BCUT2D eigenvalue weighted by molar-refractivity contribution is 6.71. The lowest BCUT2D eigenvalue weighted by molar-refractivity contribution is -0.192. The summed E-state index contributed by atoms with van der Waals surface area (Å²) in [5, 5.41) is 10.9. The molecule has 1 saturated carbocycles. The number of hydrogen-bond acceptors (Lipinski definition) is 6. The summed E-state index contributed by atoms with van der Waals surface area (Å²) in [6, 6.07) is 1.14. The number of halogens is 1. The molecule has 1 heterocycles. The Morgan fingerprint density at radius 3 is 2.53 bits per heavy atom. The van der Waals surface area contributed by atoms with E-state index in [0.717, 1.165) is 96.1 Å². The van der Waals surface area contributed by atoms with Crippen LogP contribution in [0, 0.1) is 17.3 Å². The molecule has 6 nitrogen and oxygen atoms in total. The van der Waals surface area contributed by atoms with Gasteiger partial charge in [0.05, 0.1) is 18.8 Å². The van der Waals surface area contributed by atoms with Crippen LogP contribution < -0.4 is 0 Å². The highest BCUT2D eigenvalue weighted by atomic mass is 35.5.